The average molecular weight is 343 g/mol. The van der Waals surface area contributed by atoms with E-state index in [1.54, 1.807) is 23.5 Å². The van der Waals surface area contributed by atoms with Crippen LogP contribution in [0.4, 0.5) is 5.13 Å². The Balaban J connectivity index is 1.37. The van der Waals surface area contributed by atoms with E-state index in [9.17, 15) is 4.79 Å². The number of rotatable bonds is 3. The van der Waals surface area contributed by atoms with Gasteiger partial charge in [-0.2, -0.15) is 0 Å². The lowest BCUT2D eigenvalue weighted by atomic mass is 9.50. The molecule has 4 fully saturated rings. The maximum atomic E-state index is 12.2. The third-order valence-electron chi connectivity index (χ3n) is 6.10. The molecule has 1 N–H and O–H groups in total. The molecule has 0 aromatic carbocycles. The van der Waals surface area contributed by atoms with Crippen LogP contribution in [0.2, 0.25) is 0 Å². The lowest BCUT2D eigenvalue weighted by Crippen LogP contribution is -2.48. The molecule has 1 amide bonds. The highest BCUT2D eigenvalue weighted by Gasteiger charge is 2.53. The molecule has 4 bridgehead atoms. The van der Waals surface area contributed by atoms with Crippen molar-refractivity contribution < 1.29 is 9.21 Å². The Bertz CT molecular complexity index is 759. The van der Waals surface area contributed by atoms with Crippen molar-refractivity contribution in [3.05, 3.63) is 28.7 Å². The first-order valence-electron chi connectivity index (χ1n) is 8.81. The Morgan fingerprint density at radius 1 is 1.17 bits per heavy atom. The number of carbonyl (C=O) groups is 1. The molecule has 0 saturated heterocycles. The predicted octanol–water partition coefficient (Wildman–Crippen LogP) is 4.16. The fourth-order valence-corrected chi connectivity index (χ4v) is 6.53. The summed E-state index contributed by atoms with van der Waals surface area (Å²) in [6.07, 6.45) is 8.04. The number of aromatic nitrogens is 2. The van der Waals surface area contributed by atoms with Crippen molar-refractivity contribution in [3.8, 4) is 0 Å². The molecule has 4 aliphatic rings. The van der Waals surface area contributed by atoms with Crippen LogP contribution < -0.4 is 5.32 Å². The fourth-order valence-electron chi connectivity index (χ4n) is 5.58. The molecule has 2 heterocycles. The lowest BCUT2D eigenvalue weighted by Gasteiger charge is -2.55. The van der Waals surface area contributed by atoms with Crippen LogP contribution in [0, 0.1) is 24.7 Å². The Hall–Kier alpha value is -1.69. The topological polar surface area (TPSA) is 68.0 Å². The molecule has 24 heavy (non-hydrogen) atoms. The molecular formula is C18H21N3O2S. The summed E-state index contributed by atoms with van der Waals surface area (Å²) < 4.78 is 5.37. The maximum absolute atomic E-state index is 12.2. The average Bonchev–Trinajstić information content (AvgIpc) is 3.15. The van der Waals surface area contributed by atoms with Crippen LogP contribution in [0.15, 0.2) is 16.5 Å². The summed E-state index contributed by atoms with van der Waals surface area (Å²) in [5.74, 6) is 3.43. The van der Waals surface area contributed by atoms with Crippen LogP contribution in [0.3, 0.4) is 0 Å². The highest BCUT2D eigenvalue weighted by molar-refractivity contribution is 7.15. The molecule has 6 rings (SSSR count). The van der Waals surface area contributed by atoms with Gasteiger partial charge >= 0.3 is 0 Å². The van der Waals surface area contributed by atoms with Crippen molar-refractivity contribution in [1.29, 1.82) is 0 Å². The second-order valence-corrected chi connectivity index (χ2v) is 8.95. The smallest absolute Gasteiger partial charge is 0.293 e. The summed E-state index contributed by atoms with van der Waals surface area (Å²) in [7, 11) is 0. The second kappa shape index (κ2) is 5.15. The number of amides is 1. The highest BCUT2D eigenvalue weighted by Crippen LogP contribution is 2.61. The quantitative estimate of drug-likeness (QED) is 0.908. The zero-order valence-electron chi connectivity index (χ0n) is 13.7. The maximum Gasteiger partial charge on any atom is 0.293 e. The number of carbonyl (C=O) groups excluding carboxylic acids is 1. The van der Waals surface area contributed by atoms with E-state index in [0.717, 1.165) is 28.5 Å². The molecule has 0 spiro atoms. The molecule has 0 atom stereocenters. The first kappa shape index (κ1) is 14.6. The second-order valence-electron chi connectivity index (χ2n) is 7.97. The molecule has 4 saturated carbocycles. The van der Waals surface area contributed by atoms with Crippen molar-refractivity contribution in [2.75, 3.05) is 5.32 Å². The summed E-state index contributed by atoms with van der Waals surface area (Å²) in [6, 6.07) is 3.47. The standard InChI is InChI=1S/C18H21N3O2S/c1-10-2-3-14(23-10)15(22)19-17-21-20-16(24-17)18-7-11-4-12(8-18)6-13(5-11)9-18/h2-3,11-13H,4-9H2,1H3,(H,19,21,22). The highest BCUT2D eigenvalue weighted by atomic mass is 32.1. The minimum Gasteiger partial charge on any atom is -0.456 e. The van der Waals surface area contributed by atoms with Crippen molar-refractivity contribution in [2.24, 2.45) is 17.8 Å². The van der Waals surface area contributed by atoms with E-state index in [-0.39, 0.29) is 11.3 Å². The monoisotopic (exact) mass is 343 g/mol. The zero-order valence-corrected chi connectivity index (χ0v) is 14.6. The van der Waals surface area contributed by atoms with Gasteiger partial charge in [-0.25, -0.2) is 0 Å². The van der Waals surface area contributed by atoms with E-state index >= 15 is 0 Å². The molecule has 5 nitrogen and oxygen atoms in total. The number of hydrogen-bond donors (Lipinski definition) is 1. The normalized spacial score (nSPS) is 33.8. The van der Waals surface area contributed by atoms with Gasteiger partial charge in [0.05, 0.1) is 0 Å². The van der Waals surface area contributed by atoms with Crippen LogP contribution >= 0.6 is 11.3 Å². The molecular weight excluding hydrogens is 322 g/mol. The van der Waals surface area contributed by atoms with Crippen LogP contribution in [0.25, 0.3) is 0 Å². The van der Waals surface area contributed by atoms with E-state index in [4.69, 9.17) is 4.42 Å². The van der Waals surface area contributed by atoms with Gasteiger partial charge in [-0.15, -0.1) is 10.2 Å². The van der Waals surface area contributed by atoms with Gasteiger partial charge in [0.1, 0.15) is 10.8 Å². The first-order chi connectivity index (χ1) is 11.6. The number of furan rings is 1. The van der Waals surface area contributed by atoms with Gasteiger partial charge in [0.15, 0.2) is 5.76 Å². The van der Waals surface area contributed by atoms with Crippen LogP contribution in [-0.2, 0) is 5.41 Å². The van der Waals surface area contributed by atoms with Gasteiger partial charge in [0.25, 0.3) is 5.91 Å². The molecule has 2 aromatic heterocycles. The summed E-state index contributed by atoms with van der Waals surface area (Å²) in [6.45, 7) is 1.83. The van der Waals surface area contributed by atoms with Gasteiger partial charge in [-0.1, -0.05) is 11.3 Å². The van der Waals surface area contributed by atoms with Crippen molar-refractivity contribution >= 4 is 22.4 Å². The van der Waals surface area contributed by atoms with Gasteiger partial charge < -0.3 is 4.42 Å². The van der Waals surface area contributed by atoms with Gasteiger partial charge in [0.2, 0.25) is 5.13 Å². The van der Waals surface area contributed by atoms with E-state index < -0.39 is 0 Å². The van der Waals surface area contributed by atoms with Crippen molar-refractivity contribution in [2.45, 2.75) is 50.9 Å². The summed E-state index contributed by atoms with van der Waals surface area (Å²) in [5, 5.41) is 13.3. The number of nitrogens with one attached hydrogen (secondary N) is 1. The Morgan fingerprint density at radius 3 is 2.42 bits per heavy atom. The minimum atomic E-state index is -0.253. The summed E-state index contributed by atoms with van der Waals surface area (Å²) in [4.78, 5) is 12.2. The molecule has 6 heteroatoms. The lowest BCUT2D eigenvalue weighted by molar-refractivity contribution is -0.00555. The largest absolute Gasteiger partial charge is 0.456 e. The minimum absolute atomic E-state index is 0.233. The number of aryl methyl sites for hydroxylation is 1. The van der Waals surface area contributed by atoms with Crippen LogP contribution in [0.5, 0.6) is 0 Å². The Labute approximate surface area is 144 Å². The summed E-state index contributed by atoms with van der Waals surface area (Å²) in [5.41, 5.74) is 0.233. The molecule has 2 aromatic rings. The SMILES string of the molecule is Cc1ccc(C(=O)Nc2nnc(C34CC5CC(CC(C5)C3)C4)s2)o1. The Kier molecular flexibility index (Phi) is 3.14. The van der Waals surface area contributed by atoms with Crippen LogP contribution in [0.1, 0.15) is 59.8 Å². The van der Waals surface area contributed by atoms with E-state index in [1.165, 1.54) is 38.5 Å². The summed E-state index contributed by atoms with van der Waals surface area (Å²) >= 11 is 1.56. The number of hydrogen-bond acceptors (Lipinski definition) is 5. The molecule has 0 aliphatic heterocycles. The third kappa shape index (κ3) is 2.31. The van der Waals surface area contributed by atoms with Gasteiger partial charge in [-0.3, -0.25) is 10.1 Å². The fraction of sp³-hybridized carbons (Fsp3) is 0.611. The first-order valence-corrected chi connectivity index (χ1v) is 9.63. The van der Waals surface area contributed by atoms with Gasteiger partial charge in [-0.05, 0) is 75.3 Å². The molecule has 0 radical (unpaired) electrons. The molecule has 4 aliphatic carbocycles. The molecule has 126 valence electrons. The number of anilines is 1. The Morgan fingerprint density at radius 2 is 1.83 bits per heavy atom. The predicted molar refractivity (Wildman–Crippen MR) is 91.2 cm³/mol. The van der Waals surface area contributed by atoms with E-state index in [0.29, 0.717) is 10.9 Å². The van der Waals surface area contributed by atoms with Gasteiger partial charge in [0, 0.05) is 5.41 Å². The number of nitrogens with zero attached hydrogens (tertiary/aromatic N) is 2. The van der Waals surface area contributed by atoms with E-state index in [2.05, 4.69) is 15.5 Å². The van der Waals surface area contributed by atoms with Crippen molar-refractivity contribution in [1.82, 2.24) is 10.2 Å². The van der Waals surface area contributed by atoms with Crippen molar-refractivity contribution in [3.63, 3.8) is 0 Å². The molecule has 0 unspecified atom stereocenters. The zero-order chi connectivity index (χ0) is 16.3. The van der Waals surface area contributed by atoms with E-state index in [1.807, 2.05) is 6.92 Å². The van der Waals surface area contributed by atoms with Crippen LogP contribution in [-0.4, -0.2) is 16.1 Å². The third-order valence-corrected chi connectivity index (χ3v) is 7.19.